The maximum Gasteiger partial charge on any atom is 0.330 e. The second-order valence-electron chi connectivity index (χ2n) is 3.38. The number of aryl methyl sites for hydroxylation is 1. The quantitative estimate of drug-likeness (QED) is 0.695. The SMILES string of the molecule is Cn1cc([N+](=O)[O-])c(NCc2cc(Br)cs2)n1. The minimum Gasteiger partial charge on any atom is -0.358 e. The first-order chi connectivity index (χ1) is 8.06. The van der Waals surface area contributed by atoms with Gasteiger partial charge in [-0.2, -0.15) is 0 Å². The van der Waals surface area contributed by atoms with Gasteiger partial charge in [-0.15, -0.1) is 16.4 Å². The highest BCUT2D eigenvalue weighted by molar-refractivity contribution is 9.10. The monoisotopic (exact) mass is 316 g/mol. The van der Waals surface area contributed by atoms with Crippen LogP contribution in [0, 0.1) is 10.1 Å². The van der Waals surface area contributed by atoms with Crippen molar-refractivity contribution in [1.82, 2.24) is 9.78 Å². The van der Waals surface area contributed by atoms with Crippen molar-refractivity contribution in [1.29, 1.82) is 0 Å². The molecule has 90 valence electrons. The predicted octanol–water partition coefficient (Wildman–Crippen LogP) is 2.76. The number of rotatable bonds is 4. The number of halogens is 1. The molecule has 0 saturated heterocycles. The maximum absolute atomic E-state index is 10.8. The van der Waals surface area contributed by atoms with Crippen LogP contribution in [0.4, 0.5) is 11.5 Å². The van der Waals surface area contributed by atoms with Crippen molar-refractivity contribution in [2.45, 2.75) is 6.54 Å². The molecule has 0 saturated carbocycles. The van der Waals surface area contributed by atoms with E-state index in [9.17, 15) is 10.1 Å². The fourth-order valence-corrected chi connectivity index (χ4v) is 2.74. The second kappa shape index (κ2) is 4.84. The highest BCUT2D eigenvalue weighted by Gasteiger charge is 2.17. The lowest BCUT2D eigenvalue weighted by Crippen LogP contribution is -2.01. The Balaban J connectivity index is 2.11. The molecule has 0 aliphatic heterocycles. The Morgan fingerprint density at radius 3 is 3.06 bits per heavy atom. The molecule has 0 unspecified atom stereocenters. The predicted molar refractivity (Wildman–Crippen MR) is 69.2 cm³/mol. The van der Waals surface area contributed by atoms with Gasteiger partial charge < -0.3 is 5.32 Å². The van der Waals surface area contributed by atoms with Crippen molar-refractivity contribution >= 4 is 38.8 Å². The number of nitrogens with zero attached hydrogens (tertiary/aromatic N) is 3. The van der Waals surface area contributed by atoms with E-state index in [2.05, 4.69) is 26.3 Å². The lowest BCUT2D eigenvalue weighted by molar-refractivity contribution is -0.384. The van der Waals surface area contributed by atoms with Crippen LogP contribution in [0.25, 0.3) is 0 Å². The summed E-state index contributed by atoms with van der Waals surface area (Å²) in [5, 5.41) is 19.7. The summed E-state index contributed by atoms with van der Waals surface area (Å²) in [6.07, 6.45) is 1.38. The molecule has 2 aromatic rings. The summed E-state index contributed by atoms with van der Waals surface area (Å²) >= 11 is 4.93. The van der Waals surface area contributed by atoms with Gasteiger partial charge in [0.15, 0.2) is 0 Å². The normalized spacial score (nSPS) is 10.5. The summed E-state index contributed by atoms with van der Waals surface area (Å²) in [5.41, 5.74) is -0.0110. The van der Waals surface area contributed by atoms with E-state index in [4.69, 9.17) is 0 Å². The van der Waals surface area contributed by atoms with Crippen LogP contribution in [0.3, 0.4) is 0 Å². The van der Waals surface area contributed by atoms with Gasteiger partial charge in [-0.25, -0.2) is 0 Å². The van der Waals surface area contributed by atoms with Gasteiger partial charge >= 0.3 is 5.69 Å². The van der Waals surface area contributed by atoms with Crippen molar-refractivity contribution in [2.24, 2.45) is 7.05 Å². The fraction of sp³-hybridized carbons (Fsp3) is 0.222. The lowest BCUT2D eigenvalue weighted by Gasteiger charge is -1.99. The van der Waals surface area contributed by atoms with E-state index >= 15 is 0 Å². The molecule has 0 bridgehead atoms. The second-order valence-corrected chi connectivity index (χ2v) is 5.29. The molecule has 0 atom stereocenters. The zero-order valence-electron chi connectivity index (χ0n) is 8.88. The van der Waals surface area contributed by atoms with Crippen LogP contribution >= 0.6 is 27.3 Å². The van der Waals surface area contributed by atoms with E-state index in [-0.39, 0.29) is 5.69 Å². The maximum atomic E-state index is 10.8. The van der Waals surface area contributed by atoms with Crippen LogP contribution in [-0.4, -0.2) is 14.7 Å². The molecule has 0 aromatic carbocycles. The molecule has 0 aliphatic rings. The van der Waals surface area contributed by atoms with E-state index in [1.807, 2.05) is 11.4 Å². The van der Waals surface area contributed by atoms with E-state index in [1.165, 1.54) is 10.9 Å². The van der Waals surface area contributed by atoms with Crippen LogP contribution < -0.4 is 5.32 Å². The Labute approximate surface area is 110 Å². The van der Waals surface area contributed by atoms with Crippen LogP contribution in [-0.2, 0) is 13.6 Å². The molecular weight excluding hydrogens is 308 g/mol. The Bertz CT molecular complexity index is 551. The summed E-state index contributed by atoms with van der Waals surface area (Å²) < 4.78 is 2.43. The minimum atomic E-state index is -0.445. The number of anilines is 1. The summed E-state index contributed by atoms with van der Waals surface area (Å²) in [6, 6.07) is 1.96. The first kappa shape index (κ1) is 12.1. The third kappa shape index (κ3) is 2.83. The van der Waals surface area contributed by atoms with E-state index in [0.717, 1.165) is 9.35 Å². The summed E-state index contributed by atoms with van der Waals surface area (Å²) in [5.74, 6) is 0.294. The molecule has 0 radical (unpaired) electrons. The molecule has 2 aromatic heterocycles. The highest BCUT2D eigenvalue weighted by Crippen LogP contribution is 2.24. The van der Waals surface area contributed by atoms with Crippen molar-refractivity contribution in [3.05, 3.63) is 37.1 Å². The molecule has 0 spiro atoms. The van der Waals surface area contributed by atoms with Crippen molar-refractivity contribution in [2.75, 3.05) is 5.32 Å². The minimum absolute atomic E-state index is 0.0110. The van der Waals surface area contributed by atoms with Gasteiger partial charge in [-0.1, -0.05) is 0 Å². The third-order valence-corrected chi connectivity index (χ3v) is 3.76. The van der Waals surface area contributed by atoms with E-state index in [0.29, 0.717) is 12.4 Å². The standard InChI is InChI=1S/C9H9BrN4O2S/c1-13-4-8(14(15)16)9(12-13)11-3-7-2-6(10)5-17-7/h2,4-5H,3H2,1H3,(H,11,12). The Morgan fingerprint density at radius 1 is 1.71 bits per heavy atom. The molecule has 1 N–H and O–H groups in total. The van der Waals surface area contributed by atoms with Gasteiger partial charge in [-0.05, 0) is 22.0 Å². The van der Waals surface area contributed by atoms with Crippen LogP contribution in [0.5, 0.6) is 0 Å². The number of hydrogen-bond acceptors (Lipinski definition) is 5. The molecule has 0 fully saturated rings. The summed E-state index contributed by atoms with van der Waals surface area (Å²) in [4.78, 5) is 11.4. The molecule has 2 rings (SSSR count). The number of thiophene rings is 1. The fourth-order valence-electron chi connectivity index (χ4n) is 1.35. The molecule has 2 heterocycles. The summed E-state index contributed by atoms with van der Waals surface area (Å²) in [7, 11) is 1.65. The number of aromatic nitrogens is 2. The van der Waals surface area contributed by atoms with Gasteiger partial charge in [0.05, 0.1) is 11.5 Å². The van der Waals surface area contributed by atoms with Crippen molar-refractivity contribution < 1.29 is 4.92 Å². The van der Waals surface area contributed by atoms with Crippen LogP contribution in [0.2, 0.25) is 0 Å². The van der Waals surface area contributed by atoms with Gasteiger partial charge in [0, 0.05) is 21.8 Å². The average Bonchev–Trinajstić information content (AvgIpc) is 2.82. The van der Waals surface area contributed by atoms with Gasteiger partial charge in [0.1, 0.15) is 6.20 Å². The lowest BCUT2D eigenvalue weighted by atomic mass is 10.4. The molecule has 6 nitrogen and oxygen atoms in total. The highest BCUT2D eigenvalue weighted by atomic mass is 79.9. The van der Waals surface area contributed by atoms with Crippen LogP contribution in [0.15, 0.2) is 22.1 Å². The molecule has 0 amide bonds. The molecule has 17 heavy (non-hydrogen) atoms. The third-order valence-electron chi connectivity index (χ3n) is 2.06. The van der Waals surface area contributed by atoms with Crippen LogP contribution in [0.1, 0.15) is 4.88 Å². The van der Waals surface area contributed by atoms with E-state index in [1.54, 1.807) is 18.4 Å². The van der Waals surface area contributed by atoms with E-state index < -0.39 is 4.92 Å². The molecular formula is C9H9BrN4O2S. The first-order valence-electron chi connectivity index (χ1n) is 4.71. The number of nitrogens with one attached hydrogen (secondary N) is 1. The Morgan fingerprint density at radius 2 is 2.47 bits per heavy atom. The van der Waals surface area contributed by atoms with Gasteiger partial charge in [-0.3, -0.25) is 14.8 Å². The topological polar surface area (TPSA) is 73.0 Å². The first-order valence-corrected chi connectivity index (χ1v) is 6.38. The zero-order chi connectivity index (χ0) is 12.4. The number of hydrogen-bond donors (Lipinski definition) is 1. The molecule has 8 heteroatoms. The largest absolute Gasteiger partial charge is 0.358 e. The summed E-state index contributed by atoms with van der Waals surface area (Å²) in [6.45, 7) is 0.522. The smallest absolute Gasteiger partial charge is 0.330 e. The average molecular weight is 317 g/mol. The van der Waals surface area contributed by atoms with Crippen molar-refractivity contribution in [3.8, 4) is 0 Å². The Kier molecular flexibility index (Phi) is 3.43. The molecule has 0 aliphatic carbocycles. The zero-order valence-corrected chi connectivity index (χ0v) is 11.3. The Hall–Kier alpha value is -1.41. The van der Waals surface area contributed by atoms with Gasteiger partial charge in [0.25, 0.3) is 0 Å². The van der Waals surface area contributed by atoms with Crippen molar-refractivity contribution in [3.63, 3.8) is 0 Å². The van der Waals surface area contributed by atoms with Gasteiger partial charge in [0.2, 0.25) is 5.82 Å². The number of nitro groups is 1.